The first-order valence-corrected chi connectivity index (χ1v) is 15.9. The van der Waals surface area contributed by atoms with E-state index in [1.807, 2.05) is 19.1 Å². The molecule has 0 heterocycles. The predicted octanol–water partition coefficient (Wildman–Crippen LogP) is 11.1. The molecule has 1 atom stereocenters. The number of hydrogen-bond donors (Lipinski definition) is 1. The van der Waals surface area contributed by atoms with Crippen molar-refractivity contribution in [2.24, 2.45) is 5.41 Å². The van der Waals surface area contributed by atoms with Crippen LogP contribution < -0.4 is 0 Å². The average Bonchev–Trinajstić information content (AvgIpc) is 2.82. The second-order valence-corrected chi connectivity index (χ2v) is 13.9. The van der Waals surface area contributed by atoms with E-state index in [9.17, 15) is 9.90 Å². The van der Waals surface area contributed by atoms with Gasteiger partial charge in [0.2, 0.25) is 0 Å². The number of carbonyl (C=O) groups is 1. The summed E-state index contributed by atoms with van der Waals surface area (Å²) in [6.07, 6.45) is 21.4. The van der Waals surface area contributed by atoms with E-state index in [1.54, 1.807) is 0 Å². The third kappa shape index (κ3) is 15.2. The highest BCUT2D eigenvalue weighted by atomic mass is 16.5. The fraction of sp³-hybridized carbons (Fsp3) is 0.800. The summed E-state index contributed by atoms with van der Waals surface area (Å²) >= 11 is 0. The van der Waals surface area contributed by atoms with Gasteiger partial charge in [-0.05, 0) is 61.1 Å². The van der Waals surface area contributed by atoms with Crippen LogP contribution in [0, 0.1) is 5.41 Å². The molecule has 1 aromatic carbocycles. The lowest BCUT2D eigenvalue weighted by atomic mass is 9.82. The van der Waals surface area contributed by atoms with Crippen molar-refractivity contribution < 1.29 is 14.6 Å². The minimum atomic E-state index is -0.273. The van der Waals surface area contributed by atoms with Gasteiger partial charge in [-0.1, -0.05) is 132 Å². The van der Waals surface area contributed by atoms with Gasteiger partial charge in [-0.3, -0.25) is 0 Å². The van der Waals surface area contributed by atoms with Crippen LogP contribution in [0.3, 0.4) is 0 Å². The average molecular weight is 531 g/mol. The predicted molar refractivity (Wildman–Crippen MR) is 164 cm³/mol. The first-order valence-electron chi connectivity index (χ1n) is 15.9. The Balaban J connectivity index is 2.38. The maximum absolute atomic E-state index is 13.0. The quantitative estimate of drug-likeness (QED) is 0.143. The van der Waals surface area contributed by atoms with E-state index in [0.29, 0.717) is 11.3 Å². The molecule has 220 valence electrons. The second kappa shape index (κ2) is 18.0. The molecule has 0 fully saturated rings. The van der Waals surface area contributed by atoms with Crippen LogP contribution in [0.2, 0.25) is 0 Å². The van der Waals surface area contributed by atoms with E-state index >= 15 is 0 Å². The van der Waals surface area contributed by atoms with E-state index in [1.165, 1.54) is 83.5 Å². The molecule has 0 aliphatic rings. The van der Waals surface area contributed by atoms with Crippen molar-refractivity contribution in [3.63, 3.8) is 0 Å². The first kappa shape index (κ1) is 34.5. The van der Waals surface area contributed by atoms with Crippen molar-refractivity contribution in [1.82, 2.24) is 0 Å². The Kier molecular flexibility index (Phi) is 16.3. The maximum Gasteiger partial charge on any atom is 0.338 e. The highest BCUT2D eigenvalue weighted by Crippen LogP contribution is 2.36. The molecule has 38 heavy (non-hydrogen) atoms. The molecule has 0 saturated carbocycles. The molecule has 3 nitrogen and oxygen atoms in total. The summed E-state index contributed by atoms with van der Waals surface area (Å²) in [5, 5.41) is 11.0. The lowest BCUT2D eigenvalue weighted by Gasteiger charge is -2.25. The topological polar surface area (TPSA) is 46.5 Å². The summed E-state index contributed by atoms with van der Waals surface area (Å²) in [5.41, 5.74) is 2.13. The van der Waals surface area contributed by atoms with Crippen LogP contribution in [0.15, 0.2) is 12.1 Å². The van der Waals surface area contributed by atoms with Gasteiger partial charge in [0, 0.05) is 5.56 Å². The van der Waals surface area contributed by atoms with Gasteiger partial charge in [-0.2, -0.15) is 0 Å². The molecular weight excluding hydrogens is 468 g/mol. The Morgan fingerprint density at radius 3 is 1.71 bits per heavy atom. The number of benzene rings is 1. The van der Waals surface area contributed by atoms with Crippen LogP contribution in [0.5, 0.6) is 5.75 Å². The third-order valence-electron chi connectivity index (χ3n) is 7.65. The summed E-state index contributed by atoms with van der Waals surface area (Å²) in [7, 11) is 0. The van der Waals surface area contributed by atoms with Crippen LogP contribution in [0.4, 0.5) is 0 Å². The summed E-state index contributed by atoms with van der Waals surface area (Å²) in [6, 6.07) is 3.68. The standard InChI is InChI=1S/C35H62O3/c1-9-10-11-12-13-14-15-16-17-18-19-20-21-22-23-28(2)38-33(37)30-26-29(24-25-34(3,4)5)32(36)31(27-30)35(6,7)8/h26-28,36H,9-25H2,1-8H3. The fourth-order valence-electron chi connectivity index (χ4n) is 5.02. The first-order chi connectivity index (χ1) is 17.8. The second-order valence-electron chi connectivity index (χ2n) is 13.9. The highest BCUT2D eigenvalue weighted by Gasteiger charge is 2.25. The zero-order chi connectivity index (χ0) is 28.6. The monoisotopic (exact) mass is 530 g/mol. The van der Waals surface area contributed by atoms with Crippen LogP contribution in [-0.4, -0.2) is 17.2 Å². The molecule has 1 aromatic rings. The number of carbonyl (C=O) groups excluding carboxylic acids is 1. The Morgan fingerprint density at radius 1 is 0.789 bits per heavy atom. The summed E-state index contributed by atoms with van der Waals surface area (Å²) in [6.45, 7) is 17.1. The number of hydrogen-bond acceptors (Lipinski definition) is 3. The van der Waals surface area contributed by atoms with Crippen LogP contribution in [0.25, 0.3) is 0 Å². The molecule has 0 aliphatic heterocycles. The molecule has 0 spiro atoms. The van der Waals surface area contributed by atoms with Crippen molar-refractivity contribution in [2.45, 2.75) is 176 Å². The minimum Gasteiger partial charge on any atom is -0.507 e. The molecule has 0 aromatic heterocycles. The van der Waals surface area contributed by atoms with E-state index in [-0.39, 0.29) is 22.9 Å². The van der Waals surface area contributed by atoms with Gasteiger partial charge in [0.15, 0.2) is 0 Å². The number of phenolic OH excluding ortho intramolecular Hbond substituents is 1. The van der Waals surface area contributed by atoms with Crippen molar-refractivity contribution in [3.8, 4) is 5.75 Å². The molecule has 0 radical (unpaired) electrons. The number of unbranched alkanes of at least 4 members (excludes halogenated alkanes) is 13. The van der Waals surface area contributed by atoms with Gasteiger partial charge in [0.1, 0.15) is 5.75 Å². The number of rotatable bonds is 19. The van der Waals surface area contributed by atoms with E-state index in [2.05, 4.69) is 48.5 Å². The molecule has 0 saturated heterocycles. The van der Waals surface area contributed by atoms with Crippen LogP contribution in [0.1, 0.15) is 180 Å². The Morgan fingerprint density at radius 2 is 1.26 bits per heavy atom. The van der Waals surface area contributed by atoms with Crippen molar-refractivity contribution in [3.05, 3.63) is 28.8 Å². The molecule has 1 rings (SSSR count). The van der Waals surface area contributed by atoms with E-state index < -0.39 is 0 Å². The van der Waals surface area contributed by atoms with Crippen LogP contribution >= 0.6 is 0 Å². The lowest BCUT2D eigenvalue weighted by molar-refractivity contribution is 0.0319. The Bertz CT molecular complexity index is 782. The van der Waals surface area contributed by atoms with Crippen molar-refractivity contribution in [2.75, 3.05) is 0 Å². The Hall–Kier alpha value is -1.51. The Labute approximate surface area is 236 Å². The number of aryl methyl sites for hydroxylation is 1. The number of phenols is 1. The van der Waals surface area contributed by atoms with Gasteiger partial charge in [0.05, 0.1) is 11.7 Å². The minimum absolute atomic E-state index is 0.0928. The van der Waals surface area contributed by atoms with E-state index in [4.69, 9.17) is 4.74 Å². The molecule has 1 N–H and O–H groups in total. The van der Waals surface area contributed by atoms with Gasteiger partial charge in [0.25, 0.3) is 0 Å². The molecule has 0 bridgehead atoms. The maximum atomic E-state index is 13.0. The zero-order valence-electron chi connectivity index (χ0n) is 26.5. The number of ether oxygens (including phenoxy) is 1. The van der Waals surface area contributed by atoms with Crippen molar-refractivity contribution >= 4 is 5.97 Å². The normalized spacial score (nSPS) is 13.1. The zero-order valence-corrected chi connectivity index (χ0v) is 26.5. The van der Waals surface area contributed by atoms with Crippen LogP contribution in [-0.2, 0) is 16.6 Å². The van der Waals surface area contributed by atoms with Gasteiger partial charge in [-0.25, -0.2) is 4.79 Å². The fourth-order valence-corrected chi connectivity index (χ4v) is 5.02. The SMILES string of the molecule is CCCCCCCCCCCCCCCCC(C)OC(=O)c1cc(CCC(C)(C)C)c(O)c(C(C)(C)C)c1. The largest absolute Gasteiger partial charge is 0.507 e. The molecule has 1 unspecified atom stereocenters. The molecule has 0 aliphatic carbocycles. The summed E-state index contributed by atoms with van der Waals surface area (Å²) < 4.78 is 5.84. The van der Waals surface area contributed by atoms with Gasteiger partial charge >= 0.3 is 5.97 Å². The molecule has 0 amide bonds. The summed E-state index contributed by atoms with van der Waals surface area (Å²) in [4.78, 5) is 13.0. The smallest absolute Gasteiger partial charge is 0.338 e. The molecular formula is C35H62O3. The summed E-state index contributed by atoms with van der Waals surface area (Å²) in [5.74, 6) is 0.0547. The van der Waals surface area contributed by atoms with Gasteiger partial charge in [-0.15, -0.1) is 0 Å². The van der Waals surface area contributed by atoms with Gasteiger partial charge < -0.3 is 9.84 Å². The highest BCUT2D eigenvalue weighted by molar-refractivity contribution is 5.90. The number of aromatic hydroxyl groups is 1. The van der Waals surface area contributed by atoms with E-state index in [0.717, 1.165) is 36.8 Å². The molecule has 3 heteroatoms. The van der Waals surface area contributed by atoms with Crippen molar-refractivity contribution in [1.29, 1.82) is 0 Å². The third-order valence-corrected chi connectivity index (χ3v) is 7.65. The number of esters is 1. The lowest BCUT2D eigenvalue weighted by Crippen LogP contribution is -2.18.